The van der Waals surface area contributed by atoms with Gasteiger partial charge < -0.3 is 4.43 Å². The zero-order valence-electron chi connectivity index (χ0n) is 28.6. The molecule has 0 aromatic heterocycles. The fourth-order valence-corrected chi connectivity index (χ4v) is 8.46. The van der Waals surface area contributed by atoms with Gasteiger partial charge in [0.05, 0.1) is 13.7 Å². The Labute approximate surface area is 268 Å². The maximum atomic E-state index is 6.81. The Morgan fingerprint density at radius 3 is 1.95 bits per heavy atom. The highest BCUT2D eigenvalue weighted by Gasteiger charge is 2.35. The molecule has 1 aliphatic rings. The van der Waals surface area contributed by atoms with Gasteiger partial charge in [0.2, 0.25) is 0 Å². The first kappa shape index (κ1) is 34.2. The van der Waals surface area contributed by atoms with Gasteiger partial charge in [-0.15, -0.1) is 0 Å². The summed E-state index contributed by atoms with van der Waals surface area (Å²) in [5.41, 5.74) is 9.88. The van der Waals surface area contributed by atoms with E-state index in [2.05, 4.69) is 120 Å². The first-order chi connectivity index (χ1) is 21.0. The Kier molecular flexibility index (Phi) is 11.7. The molecule has 0 heterocycles. The predicted molar refractivity (Wildman–Crippen MR) is 188 cm³/mol. The average Bonchev–Trinajstić information content (AvgIpc) is 3.23. The second kappa shape index (κ2) is 15.1. The molecule has 3 aromatic carbocycles. The molecule has 0 amide bonds. The van der Waals surface area contributed by atoms with Crippen LogP contribution in [0.4, 0.5) is 0 Å². The molecule has 0 aliphatic heterocycles. The zero-order chi connectivity index (χ0) is 31.8. The molecule has 4 rings (SSSR count). The van der Waals surface area contributed by atoms with E-state index in [-0.39, 0.29) is 11.0 Å². The summed E-state index contributed by atoms with van der Waals surface area (Å²) in [6.45, 7) is 16.6. The SMILES string of the molecule is CCC(CC)(c1ccc(C#CC2(O[Si](C)(C)C)CCCCCC2)c(C)c1)c1ccc(-c2ccc(CCOOC)cc2)c(C)c1. The smallest absolute Gasteiger partial charge is 0.185 e. The lowest BCUT2D eigenvalue weighted by Crippen LogP contribution is -2.41. The van der Waals surface area contributed by atoms with Crippen molar-refractivity contribution in [2.24, 2.45) is 0 Å². The van der Waals surface area contributed by atoms with Gasteiger partial charge in [-0.25, -0.2) is 9.78 Å². The van der Waals surface area contributed by atoms with E-state index in [0.29, 0.717) is 6.61 Å². The molecule has 236 valence electrons. The Morgan fingerprint density at radius 1 is 0.795 bits per heavy atom. The van der Waals surface area contributed by atoms with E-state index in [0.717, 1.165) is 37.7 Å². The van der Waals surface area contributed by atoms with Crippen molar-refractivity contribution in [3.05, 3.63) is 94.0 Å². The largest absolute Gasteiger partial charge is 0.402 e. The van der Waals surface area contributed by atoms with Gasteiger partial charge in [0.25, 0.3) is 0 Å². The third-order valence-corrected chi connectivity index (χ3v) is 10.5. The molecule has 3 nitrogen and oxygen atoms in total. The van der Waals surface area contributed by atoms with Crippen molar-refractivity contribution in [1.82, 2.24) is 0 Å². The third-order valence-electron chi connectivity index (χ3n) is 9.46. The standard InChI is InChI=1S/C40H54O3Si/c1-9-40(10-2,37-21-22-38(32(4)30-37)35-17-15-33(16-18-35)24-28-42-41-5)36-20-19-34(31(3)29-36)23-27-39(43-44(6,7)8)25-13-11-12-14-26-39/h15-22,29-30H,9-14,24-26,28H2,1-8H3. The van der Waals surface area contributed by atoms with E-state index in [1.807, 2.05) is 0 Å². The van der Waals surface area contributed by atoms with Gasteiger partial charge >= 0.3 is 0 Å². The molecule has 0 radical (unpaired) electrons. The minimum absolute atomic E-state index is 0.0470. The topological polar surface area (TPSA) is 27.7 Å². The monoisotopic (exact) mass is 610 g/mol. The number of hydrogen-bond donors (Lipinski definition) is 0. The van der Waals surface area contributed by atoms with Gasteiger partial charge in [-0.05, 0) is 123 Å². The van der Waals surface area contributed by atoms with E-state index >= 15 is 0 Å². The molecular formula is C40H54O3Si. The fraction of sp³-hybridized carbons (Fsp3) is 0.500. The van der Waals surface area contributed by atoms with Crippen LogP contribution in [0.25, 0.3) is 11.1 Å². The van der Waals surface area contributed by atoms with Gasteiger partial charge in [0, 0.05) is 11.0 Å². The summed E-state index contributed by atoms with van der Waals surface area (Å²) >= 11 is 0. The summed E-state index contributed by atoms with van der Waals surface area (Å²) in [6, 6.07) is 22.9. The Morgan fingerprint density at radius 2 is 1.41 bits per heavy atom. The lowest BCUT2D eigenvalue weighted by Gasteiger charge is -2.35. The van der Waals surface area contributed by atoms with E-state index in [1.165, 1.54) is 64.6 Å². The first-order valence-corrected chi connectivity index (χ1v) is 20.2. The van der Waals surface area contributed by atoms with Crippen molar-refractivity contribution in [2.75, 3.05) is 13.7 Å². The minimum Gasteiger partial charge on any atom is -0.402 e. The molecule has 1 saturated carbocycles. The lowest BCUT2D eigenvalue weighted by molar-refractivity contribution is -0.271. The van der Waals surface area contributed by atoms with Crippen LogP contribution in [0.1, 0.15) is 98.6 Å². The van der Waals surface area contributed by atoms with Gasteiger partial charge in [0.15, 0.2) is 8.32 Å². The summed E-state index contributed by atoms with van der Waals surface area (Å²) in [5.74, 6) is 7.32. The molecule has 4 heteroatoms. The molecule has 0 N–H and O–H groups in total. The van der Waals surface area contributed by atoms with E-state index < -0.39 is 8.32 Å². The minimum atomic E-state index is -1.72. The molecule has 0 atom stereocenters. The number of hydrogen-bond acceptors (Lipinski definition) is 3. The number of benzene rings is 3. The lowest BCUT2D eigenvalue weighted by atomic mass is 9.69. The van der Waals surface area contributed by atoms with Gasteiger partial charge in [-0.2, -0.15) is 0 Å². The van der Waals surface area contributed by atoms with Crippen molar-refractivity contribution in [2.45, 2.75) is 116 Å². The Bertz CT molecular complexity index is 1430. The molecule has 0 spiro atoms. The molecule has 1 aliphatic carbocycles. The molecule has 0 bridgehead atoms. The highest BCUT2D eigenvalue weighted by atomic mass is 28.4. The van der Waals surface area contributed by atoms with Crippen LogP contribution in [0.3, 0.4) is 0 Å². The maximum absolute atomic E-state index is 6.81. The molecular weight excluding hydrogens is 557 g/mol. The zero-order valence-corrected chi connectivity index (χ0v) is 29.6. The average molecular weight is 611 g/mol. The van der Waals surface area contributed by atoms with Gasteiger partial charge in [-0.1, -0.05) is 93.1 Å². The van der Waals surface area contributed by atoms with Gasteiger partial charge in [0.1, 0.15) is 5.60 Å². The summed E-state index contributed by atoms with van der Waals surface area (Å²) in [4.78, 5) is 9.76. The van der Waals surface area contributed by atoms with Crippen molar-refractivity contribution in [3.8, 4) is 23.0 Å². The molecule has 0 saturated heterocycles. The second-order valence-corrected chi connectivity index (χ2v) is 18.1. The van der Waals surface area contributed by atoms with E-state index in [1.54, 1.807) is 7.11 Å². The van der Waals surface area contributed by atoms with Crippen LogP contribution in [-0.4, -0.2) is 27.6 Å². The molecule has 44 heavy (non-hydrogen) atoms. The van der Waals surface area contributed by atoms with Crippen molar-refractivity contribution < 1.29 is 14.2 Å². The molecule has 0 unspecified atom stereocenters. The van der Waals surface area contributed by atoms with Gasteiger partial charge in [-0.3, -0.25) is 0 Å². The van der Waals surface area contributed by atoms with Crippen LogP contribution < -0.4 is 0 Å². The van der Waals surface area contributed by atoms with E-state index in [9.17, 15) is 0 Å². The highest BCUT2D eigenvalue weighted by molar-refractivity contribution is 6.69. The third kappa shape index (κ3) is 8.32. The Hall–Kier alpha value is -2.68. The van der Waals surface area contributed by atoms with Crippen LogP contribution in [0.15, 0.2) is 60.7 Å². The van der Waals surface area contributed by atoms with Crippen LogP contribution in [0.2, 0.25) is 19.6 Å². The van der Waals surface area contributed by atoms with Crippen molar-refractivity contribution in [3.63, 3.8) is 0 Å². The van der Waals surface area contributed by atoms with Crippen LogP contribution in [-0.2, 0) is 26.0 Å². The van der Waals surface area contributed by atoms with Crippen molar-refractivity contribution in [1.29, 1.82) is 0 Å². The quantitative estimate of drug-likeness (QED) is 0.0540. The fourth-order valence-electron chi connectivity index (χ4n) is 7.03. The number of rotatable bonds is 11. The summed E-state index contributed by atoms with van der Waals surface area (Å²) < 4.78 is 6.81. The summed E-state index contributed by atoms with van der Waals surface area (Å²) in [5, 5.41) is 0. The maximum Gasteiger partial charge on any atom is 0.185 e. The molecule has 1 fully saturated rings. The predicted octanol–water partition coefficient (Wildman–Crippen LogP) is 10.5. The van der Waals surface area contributed by atoms with E-state index in [4.69, 9.17) is 14.2 Å². The summed E-state index contributed by atoms with van der Waals surface area (Å²) in [6.07, 6.45) is 10.0. The second-order valence-electron chi connectivity index (χ2n) is 13.7. The first-order valence-electron chi connectivity index (χ1n) is 16.8. The van der Waals surface area contributed by atoms with Crippen molar-refractivity contribution >= 4 is 8.32 Å². The normalized spacial score (nSPS) is 15.4. The highest BCUT2D eigenvalue weighted by Crippen LogP contribution is 2.41. The Balaban J connectivity index is 1.62. The number of aryl methyl sites for hydroxylation is 2. The molecule has 3 aromatic rings. The summed E-state index contributed by atoms with van der Waals surface area (Å²) in [7, 11) is -0.176. The van der Waals surface area contributed by atoms with Crippen LogP contribution in [0.5, 0.6) is 0 Å². The van der Waals surface area contributed by atoms with Crippen LogP contribution in [0, 0.1) is 25.7 Å². The van der Waals surface area contributed by atoms with Crippen LogP contribution >= 0.6 is 0 Å².